The SMILES string of the molecule is O=C1NC2=CC=CCN2N1c1ccc(C(F)(F)F)cc1. The number of anilines is 1. The highest BCUT2D eigenvalue weighted by Gasteiger charge is 2.35. The molecule has 7 heteroatoms. The molecule has 1 N–H and O–H groups in total. The summed E-state index contributed by atoms with van der Waals surface area (Å²) >= 11 is 0. The molecule has 0 aromatic heterocycles. The molecule has 2 aliphatic rings. The minimum Gasteiger partial charge on any atom is -0.291 e. The normalized spacial score (nSPS) is 17.9. The Morgan fingerprint density at radius 3 is 2.50 bits per heavy atom. The van der Waals surface area contributed by atoms with Crippen LogP contribution in [-0.2, 0) is 6.18 Å². The summed E-state index contributed by atoms with van der Waals surface area (Å²) in [6.07, 6.45) is 0.999. The van der Waals surface area contributed by atoms with Crippen molar-refractivity contribution in [3.63, 3.8) is 0 Å². The van der Waals surface area contributed by atoms with Crippen LogP contribution in [0.1, 0.15) is 5.56 Å². The van der Waals surface area contributed by atoms with Crippen LogP contribution in [-0.4, -0.2) is 17.6 Å². The van der Waals surface area contributed by atoms with E-state index in [4.69, 9.17) is 0 Å². The fraction of sp³-hybridized carbons (Fsp3) is 0.154. The van der Waals surface area contributed by atoms with Crippen LogP contribution in [0.15, 0.2) is 48.3 Å². The number of rotatable bonds is 1. The van der Waals surface area contributed by atoms with Crippen LogP contribution in [0.25, 0.3) is 0 Å². The third kappa shape index (κ3) is 2.01. The van der Waals surface area contributed by atoms with Gasteiger partial charge in [0.2, 0.25) is 0 Å². The molecule has 3 rings (SSSR count). The number of nitrogens with one attached hydrogen (secondary N) is 1. The number of allylic oxidation sites excluding steroid dienone is 2. The Labute approximate surface area is 112 Å². The quantitative estimate of drug-likeness (QED) is 0.859. The van der Waals surface area contributed by atoms with Crippen molar-refractivity contribution in [3.8, 4) is 0 Å². The van der Waals surface area contributed by atoms with Gasteiger partial charge >= 0.3 is 12.2 Å². The van der Waals surface area contributed by atoms with Crippen LogP contribution >= 0.6 is 0 Å². The van der Waals surface area contributed by atoms with Crippen LogP contribution in [0.2, 0.25) is 0 Å². The predicted molar refractivity (Wildman–Crippen MR) is 66.4 cm³/mol. The molecule has 0 spiro atoms. The number of hydrazine groups is 1. The maximum Gasteiger partial charge on any atom is 0.416 e. The van der Waals surface area contributed by atoms with Crippen LogP contribution < -0.4 is 10.3 Å². The third-order valence-electron chi connectivity index (χ3n) is 3.05. The van der Waals surface area contributed by atoms with Gasteiger partial charge in [-0.2, -0.15) is 13.2 Å². The molecule has 1 saturated heterocycles. The lowest BCUT2D eigenvalue weighted by molar-refractivity contribution is -0.137. The van der Waals surface area contributed by atoms with Crippen LogP contribution in [0.4, 0.5) is 23.7 Å². The number of hydrogen-bond acceptors (Lipinski definition) is 2. The largest absolute Gasteiger partial charge is 0.416 e. The van der Waals surface area contributed by atoms with Gasteiger partial charge in [0.15, 0.2) is 0 Å². The standard InChI is InChI=1S/C13H10F3N3O/c14-13(15,16)9-4-6-10(7-5-9)19-12(20)17-11-3-1-2-8-18(11)19/h1-7H,8H2,(H,17,20). The Morgan fingerprint density at radius 2 is 1.85 bits per heavy atom. The highest BCUT2D eigenvalue weighted by molar-refractivity contribution is 5.95. The number of benzene rings is 1. The lowest BCUT2D eigenvalue weighted by Gasteiger charge is -2.28. The maximum absolute atomic E-state index is 12.5. The average Bonchev–Trinajstić information content (AvgIpc) is 2.73. The zero-order valence-corrected chi connectivity index (χ0v) is 10.2. The van der Waals surface area contributed by atoms with Crippen molar-refractivity contribution < 1.29 is 18.0 Å². The van der Waals surface area contributed by atoms with Crippen LogP contribution in [0.3, 0.4) is 0 Å². The molecule has 2 amide bonds. The molecule has 1 fully saturated rings. The highest BCUT2D eigenvalue weighted by atomic mass is 19.4. The topological polar surface area (TPSA) is 35.6 Å². The summed E-state index contributed by atoms with van der Waals surface area (Å²) in [5.41, 5.74) is -0.357. The first-order chi connectivity index (χ1) is 9.47. The van der Waals surface area contributed by atoms with E-state index in [1.807, 2.05) is 12.2 Å². The number of hydrogen-bond donors (Lipinski definition) is 1. The van der Waals surface area contributed by atoms with Gasteiger partial charge in [-0.15, -0.1) is 0 Å². The van der Waals surface area contributed by atoms with Gasteiger partial charge in [-0.05, 0) is 30.3 Å². The Hall–Kier alpha value is -2.44. The highest BCUT2D eigenvalue weighted by Crippen LogP contribution is 2.32. The van der Waals surface area contributed by atoms with E-state index in [9.17, 15) is 18.0 Å². The molecule has 2 heterocycles. The summed E-state index contributed by atoms with van der Waals surface area (Å²) < 4.78 is 37.6. The summed E-state index contributed by atoms with van der Waals surface area (Å²) in [6, 6.07) is 4.10. The number of urea groups is 1. The van der Waals surface area contributed by atoms with E-state index in [-0.39, 0.29) is 6.03 Å². The third-order valence-corrected chi connectivity index (χ3v) is 3.05. The Balaban J connectivity index is 1.91. The maximum atomic E-state index is 12.5. The van der Waals surface area contributed by atoms with Gasteiger partial charge in [-0.3, -0.25) is 10.3 Å². The van der Waals surface area contributed by atoms with E-state index in [1.165, 1.54) is 17.1 Å². The van der Waals surface area contributed by atoms with Gasteiger partial charge in [-0.25, -0.2) is 9.80 Å². The van der Waals surface area contributed by atoms with Gasteiger partial charge in [0.1, 0.15) is 5.82 Å². The smallest absolute Gasteiger partial charge is 0.291 e. The lowest BCUT2D eigenvalue weighted by Crippen LogP contribution is -2.38. The Bertz CT molecular complexity index is 604. The van der Waals surface area contributed by atoms with Crippen molar-refractivity contribution in [2.24, 2.45) is 0 Å². The molecule has 1 aromatic carbocycles. The molecule has 0 aliphatic carbocycles. The zero-order chi connectivity index (χ0) is 14.3. The second-order valence-corrected chi connectivity index (χ2v) is 4.35. The second-order valence-electron chi connectivity index (χ2n) is 4.35. The molecule has 0 saturated carbocycles. The van der Waals surface area contributed by atoms with E-state index in [2.05, 4.69) is 5.32 Å². The first kappa shape index (κ1) is 12.6. The molecular weight excluding hydrogens is 271 g/mol. The first-order valence-electron chi connectivity index (χ1n) is 5.89. The Morgan fingerprint density at radius 1 is 1.15 bits per heavy atom. The van der Waals surface area contributed by atoms with Gasteiger partial charge in [0.25, 0.3) is 0 Å². The predicted octanol–water partition coefficient (Wildman–Crippen LogP) is 2.86. The summed E-state index contributed by atoms with van der Waals surface area (Å²) in [7, 11) is 0. The fourth-order valence-corrected chi connectivity index (χ4v) is 2.12. The summed E-state index contributed by atoms with van der Waals surface area (Å²) in [5.74, 6) is 0.609. The number of carbonyl (C=O) groups is 1. The summed E-state index contributed by atoms with van der Waals surface area (Å²) in [5, 5.41) is 5.62. The molecule has 4 nitrogen and oxygen atoms in total. The summed E-state index contributed by atoms with van der Waals surface area (Å²) in [6.45, 7) is 0.478. The summed E-state index contributed by atoms with van der Waals surface area (Å²) in [4.78, 5) is 11.9. The van der Waals surface area contributed by atoms with Crippen LogP contribution in [0, 0.1) is 0 Å². The van der Waals surface area contributed by atoms with Crippen molar-refractivity contribution in [2.45, 2.75) is 6.18 Å². The van der Waals surface area contributed by atoms with Gasteiger partial charge in [0.05, 0.1) is 17.8 Å². The van der Waals surface area contributed by atoms with E-state index in [0.717, 1.165) is 12.1 Å². The van der Waals surface area contributed by atoms with Crippen molar-refractivity contribution in [1.82, 2.24) is 10.3 Å². The number of nitrogens with zero attached hydrogens (tertiary/aromatic N) is 2. The molecule has 0 bridgehead atoms. The zero-order valence-electron chi connectivity index (χ0n) is 10.2. The molecule has 0 atom stereocenters. The van der Waals surface area contributed by atoms with Crippen molar-refractivity contribution >= 4 is 11.7 Å². The van der Waals surface area contributed by atoms with E-state index in [0.29, 0.717) is 18.1 Å². The number of halogens is 3. The Kier molecular flexibility index (Phi) is 2.70. The monoisotopic (exact) mass is 281 g/mol. The second kappa shape index (κ2) is 4.29. The molecule has 1 aromatic rings. The number of amides is 2. The minimum atomic E-state index is -4.38. The minimum absolute atomic E-state index is 0.384. The molecule has 2 aliphatic heterocycles. The fourth-order valence-electron chi connectivity index (χ4n) is 2.12. The molecule has 104 valence electrons. The number of alkyl halides is 3. The van der Waals surface area contributed by atoms with E-state index >= 15 is 0 Å². The van der Waals surface area contributed by atoms with Gasteiger partial charge in [-0.1, -0.05) is 12.2 Å². The van der Waals surface area contributed by atoms with E-state index < -0.39 is 11.7 Å². The number of carbonyl (C=O) groups excluding carboxylic acids is 1. The molecular formula is C13H10F3N3O. The van der Waals surface area contributed by atoms with E-state index in [1.54, 1.807) is 11.1 Å². The average molecular weight is 281 g/mol. The van der Waals surface area contributed by atoms with Crippen molar-refractivity contribution in [1.29, 1.82) is 0 Å². The molecule has 20 heavy (non-hydrogen) atoms. The molecule has 0 unspecified atom stereocenters. The lowest BCUT2D eigenvalue weighted by atomic mass is 10.2. The van der Waals surface area contributed by atoms with Gasteiger partial charge in [0, 0.05) is 0 Å². The van der Waals surface area contributed by atoms with Crippen molar-refractivity contribution in [2.75, 3.05) is 11.6 Å². The van der Waals surface area contributed by atoms with Gasteiger partial charge < -0.3 is 0 Å². The number of fused-ring (bicyclic) bond motifs is 1. The van der Waals surface area contributed by atoms with Crippen molar-refractivity contribution in [3.05, 3.63) is 53.9 Å². The van der Waals surface area contributed by atoms with Crippen LogP contribution in [0.5, 0.6) is 0 Å². The molecule has 0 radical (unpaired) electrons. The first-order valence-corrected chi connectivity index (χ1v) is 5.89.